The largest absolute Gasteiger partial charge is 0.391 e. The number of hydrogen-bond donors (Lipinski definition) is 2. The molecular formula is C12H16F3NO. The third-order valence-electron chi connectivity index (χ3n) is 2.53. The summed E-state index contributed by atoms with van der Waals surface area (Å²) in [5.41, 5.74) is 5.42. The average molecular weight is 247 g/mol. The van der Waals surface area contributed by atoms with E-state index < -0.39 is 29.6 Å². The minimum absolute atomic E-state index is 0.171. The highest BCUT2D eigenvalue weighted by atomic mass is 19.2. The Kier molecular flexibility index (Phi) is 4.54. The van der Waals surface area contributed by atoms with Crippen LogP contribution in [0.1, 0.15) is 31.9 Å². The number of nitrogens with two attached hydrogens (primary N) is 1. The Hall–Kier alpha value is -1.07. The van der Waals surface area contributed by atoms with Crippen molar-refractivity contribution < 1.29 is 18.3 Å². The quantitative estimate of drug-likeness (QED) is 0.803. The summed E-state index contributed by atoms with van der Waals surface area (Å²) < 4.78 is 39.1. The Morgan fingerprint density at radius 2 is 1.65 bits per heavy atom. The second-order valence-corrected chi connectivity index (χ2v) is 4.51. The Balaban J connectivity index is 2.95. The number of rotatable bonds is 4. The summed E-state index contributed by atoms with van der Waals surface area (Å²) in [7, 11) is 0. The van der Waals surface area contributed by atoms with Crippen LogP contribution in [0.5, 0.6) is 0 Å². The minimum Gasteiger partial charge on any atom is -0.391 e. The molecule has 0 fully saturated rings. The van der Waals surface area contributed by atoms with Crippen LogP contribution in [0.25, 0.3) is 0 Å². The Morgan fingerprint density at radius 3 is 2.18 bits per heavy atom. The van der Waals surface area contributed by atoms with Gasteiger partial charge in [-0.25, -0.2) is 13.2 Å². The molecule has 0 amide bonds. The molecule has 2 atom stereocenters. The summed E-state index contributed by atoms with van der Waals surface area (Å²) >= 11 is 0. The predicted octanol–water partition coefficient (Wildman–Crippen LogP) is 2.51. The lowest BCUT2D eigenvalue weighted by molar-refractivity contribution is 0.119. The van der Waals surface area contributed by atoms with Crippen LogP contribution in [0.4, 0.5) is 13.2 Å². The zero-order valence-electron chi connectivity index (χ0n) is 9.75. The maximum Gasteiger partial charge on any atom is 0.161 e. The molecule has 3 N–H and O–H groups in total. The molecule has 2 nitrogen and oxygen atoms in total. The Morgan fingerprint density at radius 1 is 1.12 bits per heavy atom. The van der Waals surface area contributed by atoms with Gasteiger partial charge in [0.05, 0.1) is 12.1 Å². The van der Waals surface area contributed by atoms with Crippen molar-refractivity contribution in [2.45, 2.75) is 32.4 Å². The van der Waals surface area contributed by atoms with Crippen molar-refractivity contribution in [3.8, 4) is 0 Å². The zero-order valence-corrected chi connectivity index (χ0v) is 9.75. The van der Waals surface area contributed by atoms with Gasteiger partial charge in [0.15, 0.2) is 11.6 Å². The van der Waals surface area contributed by atoms with Crippen molar-refractivity contribution in [1.29, 1.82) is 0 Å². The van der Waals surface area contributed by atoms with E-state index in [9.17, 15) is 18.3 Å². The van der Waals surface area contributed by atoms with E-state index in [1.807, 2.05) is 13.8 Å². The van der Waals surface area contributed by atoms with Crippen LogP contribution in [0, 0.1) is 23.4 Å². The molecule has 0 saturated heterocycles. The van der Waals surface area contributed by atoms with Crippen LogP contribution >= 0.6 is 0 Å². The molecule has 0 aromatic heterocycles. The first kappa shape index (κ1) is 14.0. The molecule has 0 aliphatic heterocycles. The molecule has 5 heteroatoms. The Bertz CT molecular complexity index is 396. The molecule has 96 valence electrons. The third kappa shape index (κ3) is 3.44. The lowest BCUT2D eigenvalue weighted by Crippen LogP contribution is -2.28. The second kappa shape index (κ2) is 5.51. The highest BCUT2D eigenvalue weighted by Crippen LogP contribution is 2.24. The first-order chi connectivity index (χ1) is 7.82. The number of halogens is 3. The van der Waals surface area contributed by atoms with E-state index in [1.165, 1.54) is 0 Å². The zero-order chi connectivity index (χ0) is 13.2. The van der Waals surface area contributed by atoms with Crippen molar-refractivity contribution in [2.75, 3.05) is 0 Å². The number of aliphatic hydroxyl groups is 1. The summed E-state index contributed by atoms with van der Waals surface area (Å²) in [6.45, 7) is 3.75. The fraction of sp³-hybridized carbons (Fsp3) is 0.500. The number of benzene rings is 1. The van der Waals surface area contributed by atoms with Gasteiger partial charge in [0.1, 0.15) is 5.82 Å². The van der Waals surface area contributed by atoms with E-state index in [4.69, 9.17) is 5.73 Å². The predicted molar refractivity (Wildman–Crippen MR) is 58.7 cm³/mol. The first-order valence-electron chi connectivity index (χ1n) is 5.41. The standard InChI is InChI=1S/C12H16F3NO/c1-6(2)3-11(17)12(16)7-4-9(14)10(15)5-8(7)13/h4-6,11-12,17H,3,16H2,1-2H3/t11-,12+/m0/s1. The van der Waals surface area contributed by atoms with E-state index in [1.54, 1.807) is 0 Å². The second-order valence-electron chi connectivity index (χ2n) is 4.51. The van der Waals surface area contributed by atoms with Gasteiger partial charge in [-0.2, -0.15) is 0 Å². The van der Waals surface area contributed by atoms with Crippen LogP contribution in [-0.4, -0.2) is 11.2 Å². The van der Waals surface area contributed by atoms with E-state index in [0.717, 1.165) is 0 Å². The lowest BCUT2D eigenvalue weighted by atomic mass is 9.95. The van der Waals surface area contributed by atoms with Crippen LogP contribution in [0.15, 0.2) is 12.1 Å². The van der Waals surface area contributed by atoms with E-state index >= 15 is 0 Å². The lowest BCUT2D eigenvalue weighted by Gasteiger charge is -2.21. The topological polar surface area (TPSA) is 46.2 Å². The molecule has 0 saturated carbocycles. The number of hydrogen-bond acceptors (Lipinski definition) is 2. The van der Waals surface area contributed by atoms with Crippen molar-refractivity contribution in [3.05, 3.63) is 35.1 Å². The van der Waals surface area contributed by atoms with E-state index in [-0.39, 0.29) is 11.5 Å². The molecule has 0 heterocycles. The SMILES string of the molecule is CC(C)C[C@H](O)[C@H](N)c1cc(F)c(F)cc1F. The maximum atomic E-state index is 13.4. The third-order valence-corrected chi connectivity index (χ3v) is 2.53. The van der Waals surface area contributed by atoms with Gasteiger partial charge in [-0.3, -0.25) is 0 Å². The fourth-order valence-electron chi connectivity index (χ4n) is 1.63. The molecule has 1 rings (SSSR count). The van der Waals surface area contributed by atoms with Crippen molar-refractivity contribution >= 4 is 0 Å². The van der Waals surface area contributed by atoms with Gasteiger partial charge in [0.25, 0.3) is 0 Å². The molecule has 0 unspecified atom stereocenters. The average Bonchev–Trinajstić information content (AvgIpc) is 2.21. The molecule has 0 aliphatic carbocycles. The molecular weight excluding hydrogens is 231 g/mol. The van der Waals surface area contributed by atoms with Crippen LogP contribution < -0.4 is 5.73 Å². The molecule has 0 aliphatic rings. The summed E-state index contributed by atoms with van der Waals surface area (Å²) in [6, 6.07) is 0.0680. The van der Waals surface area contributed by atoms with Crippen molar-refractivity contribution in [1.82, 2.24) is 0 Å². The summed E-state index contributed by atoms with van der Waals surface area (Å²) in [6.07, 6.45) is -0.631. The smallest absolute Gasteiger partial charge is 0.161 e. The molecule has 17 heavy (non-hydrogen) atoms. The highest BCUT2D eigenvalue weighted by molar-refractivity contribution is 5.24. The van der Waals surface area contributed by atoms with Gasteiger partial charge in [-0.1, -0.05) is 13.8 Å². The van der Waals surface area contributed by atoms with Gasteiger partial charge >= 0.3 is 0 Å². The van der Waals surface area contributed by atoms with Gasteiger partial charge in [-0.15, -0.1) is 0 Å². The van der Waals surface area contributed by atoms with Crippen LogP contribution in [-0.2, 0) is 0 Å². The normalized spacial score (nSPS) is 15.1. The molecule has 0 radical (unpaired) electrons. The monoisotopic (exact) mass is 247 g/mol. The first-order valence-corrected chi connectivity index (χ1v) is 5.41. The van der Waals surface area contributed by atoms with E-state index in [0.29, 0.717) is 18.6 Å². The number of aliphatic hydroxyl groups excluding tert-OH is 1. The van der Waals surface area contributed by atoms with E-state index in [2.05, 4.69) is 0 Å². The highest BCUT2D eigenvalue weighted by Gasteiger charge is 2.22. The van der Waals surface area contributed by atoms with Crippen LogP contribution in [0.3, 0.4) is 0 Å². The summed E-state index contributed by atoms with van der Waals surface area (Å²) in [5, 5.41) is 9.72. The maximum absolute atomic E-state index is 13.4. The summed E-state index contributed by atoms with van der Waals surface area (Å²) in [4.78, 5) is 0. The van der Waals surface area contributed by atoms with Crippen molar-refractivity contribution in [2.24, 2.45) is 11.7 Å². The fourth-order valence-corrected chi connectivity index (χ4v) is 1.63. The molecule has 1 aromatic carbocycles. The minimum atomic E-state index is -1.27. The Labute approximate surface area is 98.3 Å². The van der Waals surface area contributed by atoms with Gasteiger partial charge in [-0.05, 0) is 18.4 Å². The molecule has 0 spiro atoms. The van der Waals surface area contributed by atoms with Crippen molar-refractivity contribution in [3.63, 3.8) is 0 Å². The summed E-state index contributed by atoms with van der Waals surface area (Å²) in [5.74, 6) is -3.21. The van der Waals surface area contributed by atoms with Gasteiger partial charge < -0.3 is 10.8 Å². The van der Waals surface area contributed by atoms with Gasteiger partial charge in [0.2, 0.25) is 0 Å². The molecule has 0 bridgehead atoms. The van der Waals surface area contributed by atoms with Crippen LogP contribution in [0.2, 0.25) is 0 Å². The van der Waals surface area contributed by atoms with Gasteiger partial charge in [0, 0.05) is 11.6 Å². The molecule has 1 aromatic rings.